The number of benzene rings is 1. The van der Waals surface area contributed by atoms with E-state index in [1.165, 1.54) is 18.4 Å². The first-order valence-corrected chi connectivity index (χ1v) is 11.1. The zero-order valence-corrected chi connectivity index (χ0v) is 19.2. The van der Waals surface area contributed by atoms with Crippen LogP contribution in [0.2, 0.25) is 0 Å². The minimum absolute atomic E-state index is 0. The summed E-state index contributed by atoms with van der Waals surface area (Å²) in [5, 5.41) is 6.64. The summed E-state index contributed by atoms with van der Waals surface area (Å²) in [5.74, 6) is 0.620. The van der Waals surface area contributed by atoms with E-state index in [1.807, 2.05) is 6.07 Å². The van der Waals surface area contributed by atoms with E-state index in [2.05, 4.69) is 20.6 Å². The monoisotopic (exact) mass is 462 g/mol. The van der Waals surface area contributed by atoms with E-state index < -0.39 is 10.0 Å². The average molecular weight is 463 g/mol. The van der Waals surface area contributed by atoms with Gasteiger partial charge in [0.05, 0.1) is 28.8 Å². The number of hydrogen-bond donors (Lipinski definition) is 2. The Morgan fingerprint density at radius 2 is 1.94 bits per heavy atom. The van der Waals surface area contributed by atoms with Crippen molar-refractivity contribution in [2.45, 2.75) is 11.0 Å². The summed E-state index contributed by atoms with van der Waals surface area (Å²) in [4.78, 5) is 13.8. The van der Waals surface area contributed by atoms with Gasteiger partial charge >= 0.3 is 0 Å². The number of pyridine rings is 1. The molecule has 0 saturated carbocycles. The summed E-state index contributed by atoms with van der Waals surface area (Å²) < 4.78 is 31.6. The first kappa shape index (κ1) is 23.4. The van der Waals surface area contributed by atoms with Crippen LogP contribution in [0.25, 0.3) is 22.3 Å². The second-order valence-electron chi connectivity index (χ2n) is 7.17. The molecule has 0 radical (unpaired) electrons. The van der Waals surface area contributed by atoms with E-state index in [-0.39, 0.29) is 24.5 Å². The standard InChI is InChI=1S/C20H24N6O3S.H2S/c1-26(2)30(27,28)16-5-3-14(4-6-16)17-11-18-19(23-8-7-22-18)20(25-17)24-13-15-12-21-9-10-29-15;/h3-8,11,15,21H,9-10,12-13H2,1-2H3,(H,24,25);1H2. The molecule has 3 heterocycles. The zero-order chi connectivity index (χ0) is 21.1. The maximum atomic E-state index is 12.3. The maximum Gasteiger partial charge on any atom is 0.242 e. The molecule has 2 aromatic heterocycles. The lowest BCUT2D eigenvalue weighted by Gasteiger charge is -2.24. The molecule has 3 aromatic rings. The molecule has 1 aromatic carbocycles. The number of hydrogen-bond acceptors (Lipinski definition) is 8. The van der Waals surface area contributed by atoms with Crippen LogP contribution in [0, 0.1) is 0 Å². The van der Waals surface area contributed by atoms with Gasteiger partial charge in [-0.3, -0.25) is 4.98 Å². The molecule has 1 unspecified atom stereocenters. The Balaban J connectivity index is 0.00000272. The van der Waals surface area contributed by atoms with Crippen LogP contribution < -0.4 is 10.6 Å². The van der Waals surface area contributed by atoms with Crippen LogP contribution in [0.5, 0.6) is 0 Å². The molecule has 0 spiro atoms. The van der Waals surface area contributed by atoms with Gasteiger partial charge in [-0.1, -0.05) is 12.1 Å². The Morgan fingerprint density at radius 1 is 1.19 bits per heavy atom. The van der Waals surface area contributed by atoms with Crippen LogP contribution in [-0.4, -0.2) is 74.1 Å². The van der Waals surface area contributed by atoms with Crippen molar-refractivity contribution in [3.63, 3.8) is 0 Å². The van der Waals surface area contributed by atoms with Gasteiger partial charge < -0.3 is 15.4 Å². The fraction of sp³-hybridized carbons (Fsp3) is 0.350. The van der Waals surface area contributed by atoms with E-state index in [0.29, 0.717) is 35.7 Å². The molecule has 9 nitrogen and oxygen atoms in total. The number of morpholine rings is 1. The van der Waals surface area contributed by atoms with Crippen molar-refractivity contribution in [1.82, 2.24) is 24.6 Å². The lowest BCUT2D eigenvalue weighted by molar-refractivity contribution is 0.0372. The van der Waals surface area contributed by atoms with Gasteiger partial charge in [0, 0.05) is 51.7 Å². The summed E-state index contributed by atoms with van der Waals surface area (Å²) in [7, 11) is -0.461. The maximum absolute atomic E-state index is 12.3. The molecule has 4 rings (SSSR count). The van der Waals surface area contributed by atoms with Crippen molar-refractivity contribution in [2.75, 3.05) is 45.7 Å². The van der Waals surface area contributed by atoms with Crippen molar-refractivity contribution >= 4 is 40.4 Å². The second kappa shape index (κ2) is 9.88. The zero-order valence-electron chi connectivity index (χ0n) is 17.4. The second-order valence-corrected chi connectivity index (χ2v) is 9.32. The van der Waals surface area contributed by atoms with Crippen LogP contribution in [-0.2, 0) is 14.8 Å². The van der Waals surface area contributed by atoms with E-state index >= 15 is 0 Å². The SMILES string of the molecule is CN(C)S(=O)(=O)c1ccc(-c2cc3nccnc3c(NCC3CNCCO3)n2)cc1.S. The molecule has 0 bridgehead atoms. The van der Waals surface area contributed by atoms with Gasteiger partial charge in [-0.15, -0.1) is 0 Å². The summed E-state index contributed by atoms with van der Waals surface area (Å²) in [6.07, 6.45) is 3.32. The third-order valence-electron chi connectivity index (χ3n) is 4.89. The Hall–Kier alpha value is -2.31. The van der Waals surface area contributed by atoms with Gasteiger partial charge in [0.2, 0.25) is 10.0 Å². The highest BCUT2D eigenvalue weighted by Crippen LogP contribution is 2.26. The molecule has 166 valence electrons. The Morgan fingerprint density at radius 3 is 2.61 bits per heavy atom. The average Bonchev–Trinajstić information content (AvgIpc) is 2.78. The van der Waals surface area contributed by atoms with E-state index in [4.69, 9.17) is 9.72 Å². The number of rotatable bonds is 6. The fourth-order valence-corrected chi connectivity index (χ4v) is 4.11. The summed E-state index contributed by atoms with van der Waals surface area (Å²) in [6.45, 7) is 2.91. The number of aromatic nitrogens is 3. The van der Waals surface area contributed by atoms with E-state index in [0.717, 1.165) is 18.7 Å². The van der Waals surface area contributed by atoms with Gasteiger partial charge in [0.25, 0.3) is 0 Å². The molecule has 0 aliphatic carbocycles. The predicted octanol–water partition coefficient (Wildman–Crippen LogP) is 1.46. The van der Waals surface area contributed by atoms with Crippen molar-refractivity contribution in [2.24, 2.45) is 0 Å². The third kappa shape index (κ3) is 5.13. The molecular weight excluding hydrogens is 436 g/mol. The Kier molecular flexibility index (Phi) is 7.44. The minimum Gasteiger partial charge on any atom is -0.374 e. The fourth-order valence-electron chi connectivity index (χ4n) is 3.21. The molecular formula is C20H26N6O3S2. The summed E-state index contributed by atoms with van der Waals surface area (Å²) in [6, 6.07) is 8.52. The lowest BCUT2D eigenvalue weighted by Crippen LogP contribution is -2.42. The van der Waals surface area contributed by atoms with Crippen molar-refractivity contribution in [1.29, 1.82) is 0 Å². The normalized spacial score (nSPS) is 16.8. The largest absolute Gasteiger partial charge is 0.374 e. The van der Waals surface area contributed by atoms with Crippen molar-refractivity contribution in [3.05, 3.63) is 42.7 Å². The molecule has 1 saturated heterocycles. The highest BCUT2D eigenvalue weighted by atomic mass is 32.2. The Bertz CT molecular complexity index is 1130. The number of sulfonamides is 1. The molecule has 1 fully saturated rings. The number of fused-ring (bicyclic) bond motifs is 1. The molecule has 1 aliphatic heterocycles. The Labute approximate surface area is 188 Å². The first-order chi connectivity index (χ1) is 14.4. The van der Waals surface area contributed by atoms with Crippen LogP contribution in [0.3, 0.4) is 0 Å². The molecule has 1 aliphatic rings. The van der Waals surface area contributed by atoms with E-state index in [9.17, 15) is 8.42 Å². The van der Waals surface area contributed by atoms with Crippen molar-refractivity contribution < 1.29 is 13.2 Å². The number of anilines is 1. The predicted molar refractivity (Wildman–Crippen MR) is 125 cm³/mol. The first-order valence-electron chi connectivity index (χ1n) is 9.66. The summed E-state index contributed by atoms with van der Waals surface area (Å²) in [5.41, 5.74) is 2.86. The highest BCUT2D eigenvalue weighted by molar-refractivity contribution is 7.89. The number of nitrogens with zero attached hydrogens (tertiary/aromatic N) is 4. The quantitative estimate of drug-likeness (QED) is 0.567. The highest BCUT2D eigenvalue weighted by Gasteiger charge is 2.18. The van der Waals surface area contributed by atoms with Crippen LogP contribution in [0.4, 0.5) is 5.82 Å². The topological polar surface area (TPSA) is 109 Å². The van der Waals surface area contributed by atoms with Gasteiger partial charge in [-0.05, 0) is 18.2 Å². The van der Waals surface area contributed by atoms with Crippen LogP contribution in [0.15, 0.2) is 47.6 Å². The smallest absolute Gasteiger partial charge is 0.242 e. The van der Waals surface area contributed by atoms with Gasteiger partial charge in [-0.25, -0.2) is 22.7 Å². The molecule has 31 heavy (non-hydrogen) atoms. The summed E-state index contributed by atoms with van der Waals surface area (Å²) >= 11 is 0. The van der Waals surface area contributed by atoms with Crippen LogP contribution >= 0.6 is 13.5 Å². The van der Waals surface area contributed by atoms with Gasteiger partial charge in [-0.2, -0.15) is 13.5 Å². The number of ether oxygens (including phenoxy) is 1. The van der Waals surface area contributed by atoms with E-state index in [1.54, 1.807) is 36.7 Å². The van der Waals surface area contributed by atoms with Gasteiger partial charge in [0.1, 0.15) is 5.52 Å². The van der Waals surface area contributed by atoms with Gasteiger partial charge in [0.15, 0.2) is 5.82 Å². The van der Waals surface area contributed by atoms with Crippen LogP contribution in [0.1, 0.15) is 0 Å². The third-order valence-corrected chi connectivity index (χ3v) is 6.72. The number of nitrogens with one attached hydrogen (secondary N) is 2. The molecule has 1 atom stereocenters. The molecule has 0 amide bonds. The van der Waals surface area contributed by atoms with Crippen molar-refractivity contribution in [3.8, 4) is 11.3 Å². The lowest BCUT2D eigenvalue weighted by atomic mass is 10.1. The molecule has 2 N–H and O–H groups in total. The molecule has 11 heteroatoms. The minimum atomic E-state index is -3.48.